The quantitative estimate of drug-likeness (QED) is 0.621. The van der Waals surface area contributed by atoms with Crippen LogP contribution in [-0.4, -0.2) is 33.4 Å². The zero-order valence-corrected chi connectivity index (χ0v) is 17.3. The van der Waals surface area contributed by atoms with Gasteiger partial charge in [-0.25, -0.2) is 4.79 Å². The van der Waals surface area contributed by atoms with E-state index in [2.05, 4.69) is 10.00 Å². The first-order valence-electron chi connectivity index (χ1n) is 10.3. The fourth-order valence-electron chi connectivity index (χ4n) is 3.99. The molecule has 1 N–H and O–H groups in total. The van der Waals surface area contributed by atoms with Crippen molar-refractivity contribution in [3.8, 4) is 0 Å². The van der Waals surface area contributed by atoms with Gasteiger partial charge in [0.15, 0.2) is 5.58 Å². The Bertz CT molecular complexity index is 1160. The molecule has 0 bridgehead atoms. The van der Waals surface area contributed by atoms with Gasteiger partial charge in [0.1, 0.15) is 6.54 Å². The molecule has 1 aliphatic carbocycles. The molecule has 1 aromatic carbocycles. The average molecular weight is 431 g/mol. The maximum atomic E-state index is 12.4. The third-order valence-electron chi connectivity index (χ3n) is 5.72. The normalized spacial score (nSPS) is 16.0. The fraction of sp³-hybridized carbons (Fsp3) is 0.476. The first-order valence-corrected chi connectivity index (χ1v) is 10.7. The van der Waals surface area contributed by atoms with E-state index in [1.807, 2.05) is 0 Å². The molecule has 2 aliphatic rings. The summed E-state index contributed by atoms with van der Waals surface area (Å²) in [5.41, 5.74) is 4.36. The number of ether oxygens (including phenoxy) is 1. The Morgan fingerprint density at radius 3 is 3.03 bits per heavy atom. The number of hydrogen-bond donors (Lipinski definition) is 1. The van der Waals surface area contributed by atoms with Gasteiger partial charge in [0.05, 0.1) is 24.4 Å². The van der Waals surface area contributed by atoms with E-state index in [9.17, 15) is 9.59 Å². The van der Waals surface area contributed by atoms with Crippen LogP contribution in [0, 0.1) is 5.92 Å². The predicted molar refractivity (Wildman–Crippen MR) is 111 cm³/mol. The zero-order chi connectivity index (χ0) is 20.7. The standard InChI is InChI=1S/C21H23ClN4O4/c22-14-3-4-18-19(9-14)30-21(28)25(18)11-20(27)23-7-5-16-15-12-29-8-6-17(15)26(24-16)10-13-1-2-13/h3-4,9,13H,1-2,5-8,10-12H2,(H,23,27). The summed E-state index contributed by atoms with van der Waals surface area (Å²) in [5.74, 6) is -0.0768. The number of rotatable bonds is 7. The van der Waals surface area contributed by atoms with Crippen LogP contribution in [0.15, 0.2) is 27.4 Å². The van der Waals surface area contributed by atoms with Crippen LogP contribution < -0.4 is 11.1 Å². The second-order valence-corrected chi connectivity index (χ2v) is 8.40. The van der Waals surface area contributed by atoms with Gasteiger partial charge in [0.2, 0.25) is 5.91 Å². The number of hydrogen-bond acceptors (Lipinski definition) is 5. The molecule has 3 aromatic rings. The van der Waals surface area contributed by atoms with Crippen LogP contribution in [0.5, 0.6) is 0 Å². The lowest BCUT2D eigenvalue weighted by atomic mass is 10.1. The van der Waals surface area contributed by atoms with Crippen molar-refractivity contribution in [3.05, 3.63) is 50.7 Å². The Balaban J connectivity index is 1.23. The molecule has 158 valence electrons. The molecule has 0 radical (unpaired) electrons. The summed E-state index contributed by atoms with van der Waals surface area (Å²) in [4.78, 5) is 24.5. The molecule has 1 amide bonds. The molecule has 0 saturated heterocycles. The molecule has 2 aromatic heterocycles. The Morgan fingerprint density at radius 2 is 2.20 bits per heavy atom. The van der Waals surface area contributed by atoms with Crippen molar-refractivity contribution >= 4 is 28.6 Å². The van der Waals surface area contributed by atoms with Gasteiger partial charge in [0.25, 0.3) is 0 Å². The van der Waals surface area contributed by atoms with Gasteiger partial charge in [-0.15, -0.1) is 0 Å². The summed E-state index contributed by atoms with van der Waals surface area (Å²) in [6.45, 7) is 2.64. The van der Waals surface area contributed by atoms with Crippen molar-refractivity contribution < 1.29 is 13.9 Å². The minimum Gasteiger partial charge on any atom is -0.408 e. The lowest BCUT2D eigenvalue weighted by molar-refractivity contribution is -0.121. The van der Waals surface area contributed by atoms with Gasteiger partial charge in [-0.05, 0) is 30.9 Å². The fourth-order valence-corrected chi connectivity index (χ4v) is 4.15. The molecule has 0 unspecified atom stereocenters. The van der Waals surface area contributed by atoms with E-state index in [-0.39, 0.29) is 12.5 Å². The number of amides is 1. The van der Waals surface area contributed by atoms with Crippen molar-refractivity contribution in [1.82, 2.24) is 19.7 Å². The second-order valence-electron chi connectivity index (χ2n) is 7.97. The Hall–Kier alpha value is -2.58. The summed E-state index contributed by atoms with van der Waals surface area (Å²) in [7, 11) is 0. The van der Waals surface area contributed by atoms with E-state index in [1.165, 1.54) is 28.7 Å². The van der Waals surface area contributed by atoms with Crippen LogP contribution in [-0.2, 0) is 42.1 Å². The number of benzene rings is 1. The maximum Gasteiger partial charge on any atom is 0.420 e. The SMILES string of the molecule is O=C(Cn1c(=O)oc2cc(Cl)ccc21)NCCc1nn(CC2CC2)c2c1COCC2. The molecular weight excluding hydrogens is 408 g/mol. The van der Waals surface area contributed by atoms with E-state index in [0.717, 1.165) is 31.2 Å². The van der Waals surface area contributed by atoms with Crippen LogP contribution in [0.2, 0.25) is 5.02 Å². The highest BCUT2D eigenvalue weighted by Crippen LogP contribution is 2.32. The molecule has 0 atom stereocenters. The Morgan fingerprint density at radius 1 is 1.33 bits per heavy atom. The molecular formula is C21H23ClN4O4. The van der Waals surface area contributed by atoms with E-state index in [4.69, 9.17) is 25.9 Å². The van der Waals surface area contributed by atoms with Gasteiger partial charge in [0, 0.05) is 48.3 Å². The first kappa shape index (κ1) is 19.4. The van der Waals surface area contributed by atoms with Crippen molar-refractivity contribution in [3.63, 3.8) is 0 Å². The predicted octanol–water partition coefficient (Wildman–Crippen LogP) is 2.29. The third kappa shape index (κ3) is 3.89. The number of carbonyl (C=O) groups is 1. The highest BCUT2D eigenvalue weighted by Gasteiger charge is 2.27. The maximum absolute atomic E-state index is 12.4. The highest BCUT2D eigenvalue weighted by molar-refractivity contribution is 6.31. The van der Waals surface area contributed by atoms with E-state index >= 15 is 0 Å². The van der Waals surface area contributed by atoms with Crippen LogP contribution >= 0.6 is 11.6 Å². The highest BCUT2D eigenvalue weighted by atomic mass is 35.5. The van der Waals surface area contributed by atoms with Crippen molar-refractivity contribution in [2.75, 3.05) is 13.2 Å². The minimum absolute atomic E-state index is 0.106. The average Bonchev–Trinajstić information content (AvgIpc) is 3.41. The molecule has 30 heavy (non-hydrogen) atoms. The molecule has 9 heteroatoms. The minimum atomic E-state index is -0.576. The van der Waals surface area contributed by atoms with Gasteiger partial charge >= 0.3 is 5.76 Å². The van der Waals surface area contributed by atoms with Gasteiger partial charge in [-0.2, -0.15) is 5.10 Å². The third-order valence-corrected chi connectivity index (χ3v) is 5.96. The molecule has 1 aliphatic heterocycles. The van der Waals surface area contributed by atoms with Gasteiger partial charge in [-0.1, -0.05) is 11.6 Å². The zero-order valence-electron chi connectivity index (χ0n) is 16.5. The first-order chi connectivity index (χ1) is 14.6. The van der Waals surface area contributed by atoms with Crippen molar-refractivity contribution in [1.29, 1.82) is 0 Å². The molecule has 1 fully saturated rings. The monoisotopic (exact) mass is 430 g/mol. The number of nitrogens with one attached hydrogen (secondary N) is 1. The van der Waals surface area contributed by atoms with Crippen molar-refractivity contribution in [2.24, 2.45) is 5.92 Å². The second kappa shape index (κ2) is 7.92. The van der Waals surface area contributed by atoms with Gasteiger partial charge < -0.3 is 14.5 Å². The lowest BCUT2D eigenvalue weighted by Crippen LogP contribution is -2.32. The smallest absolute Gasteiger partial charge is 0.408 e. The molecule has 3 heterocycles. The van der Waals surface area contributed by atoms with Crippen LogP contribution in [0.1, 0.15) is 29.8 Å². The van der Waals surface area contributed by atoms with Gasteiger partial charge in [-0.3, -0.25) is 14.0 Å². The Kier molecular flexibility index (Phi) is 5.12. The van der Waals surface area contributed by atoms with Crippen LogP contribution in [0.3, 0.4) is 0 Å². The van der Waals surface area contributed by atoms with E-state index in [1.54, 1.807) is 18.2 Å². The largest absolute Gasteiger partial charge is 0.420 e. The van der Waals surface area contributed by atoms with Crippen LogP contribution in [0.4, 0.5) is 0 Å². The topological polar surface area (TPSA) is 91.3 Å². The number of oxazole rings is 1. The number of halogens is 1. The summed E-state index contributed by atoms with van der Waals surface area (Å²) < 4.78 is 14.3. The molecule has 1 saturated carbocycles. The van der Waals surface area contributed by atoms with Crippen LogP contribution in [0.25, 0.3) is 11.1 Å². The summed E-state index contributed by atoms with van der Waals surface area (Å²) in [6.07, 6.45) is 4.09. The number of nitrogens with zero attached hydrogens (tertiary/aromatic N) is 3. The lowest BCUT2D eigenvalue weighted by Gasteiger charge is -2.15. The molecule has 5 rings (SSSR count). The van der Waals surface area contributed by atoms with E-state index < -0.39 is 5.76 Å². The summed E-state index contributed by atoms with van der Waals surface area (Å²) in [5, 5.41) is 8.17. The summed E-state index contributed by atoms with van der Waals surface area (Å²) in [6, 6.07) is 4.90. The Labute approximate surface area is 177 Å². The number of carbonyl (C=O) groups excluding carboxylic acids is 1. The number of fused-ring (bicyclic) bond motifs is 2. The molecule has 0 spiro atoms. The van der Waals surface area contributed by atoms with Crippen molar-refractivity contribution in [2.45, 2.75) is 45.4 Å². The summed E-state index contributed by atoms with van der Waals surface area (Å²) >= 11 is 5.93. The van der Waals surface area contributed by atoms with E-state index in [0.29, 0.717) is 35.7 Å². The molecule has 8 nitrogen and oxygen atoms in total. The number of aromatic nitrogens is 3.